The van der Waals surface area contributed by atoms with Gasteiger partial charge < -0.3 is 0 Å². The average molecular weight is 151 g/mol. The minimum Gasteiger partial charge on any atom is -0.273 e. The lowest BCUT2D eigenvalue weighted by atomic mass is 10.3. The molecule has 11 heavy (non-hydrogen) atoms. The van der Waals surface area contributed by atoms with E-state index in [-0.39, 0.29) is 6.17 Å². The van der Waals surface area contributed by atoms with Crippen LogP contribution in [0.4, 0.5) is 0 Å². The first-order chi connectivity index (χ1) is 5.25. The zero-order valence-corrected chi connectivity index (χ0v) is 7.12. The van der Waals surface area contributed by atoms with Crippen molar-refractivity contribution in [3.05, 3.63) is 30.1 Å². The van der Waals surface area contributed by atoms with Crippen molar-refractivity contribution >= 4 is 0 Å². The van der Waals surface area contributed by atoms with E-state index >= 15 is 0 Å². The monoisotopic (exact) mass is 151 g/mol. The van der Waals surface area contributed by atoms with E-state index in [0.717, 1.165) is 6.42 Å². The van der Waals surface area contributed by atoms with Crippen LogP contribution < -0.4 is 10.3 Å². The van der Waals surface area contributed by atoms with Gasteiger partial charge in [0.1, 0.15) is 0 Å². The number of rotatable bonds is 2. The molecular formula is C9H15N2+. The number of aromatic nitrogens is 1. The van der Waals surface area contributed by atoms with Gasteiger partial charge in [-0.3, -0.25) is 5.73 Å². The molecule has 2 N–H and O–H groups in total. The van der Waals surface area contributed by atoms with E-state index in [0.29, 0.717) is 0 Å². The normalized spacial score (nSPS) is 13.0. The first kappa shape index (κ1) is 8.21. The Morgan fingerprint density at radius 3 is 2.73 bits per heavy atom. The minimum atomic E-state index is 0.0751. The lowest BCUT2D eigenvalue weighted by Crippen LogP contribution is -2.45. The Morgan fingerprint density at radius 1 is 1.55 bits per heavy atom. The SMILES string of the molecule is CCc1cccc[n+]1C(C)N. The molecule has 1 unspecified atom stereocenters. The molecule has 0 aliphatic carbocycles. The number of hydrogen-bond donors (Lipinski definition) is 1. The van der Waals surface area contributed by atoms with Crippen LogP contribution in [0.1, 0.15) is 25.7 Å². The predicted octanol–water partition coefficient (Wildman–Crippen LogP) is 1.01. The smallest absolute Gasteiger partial charge is 0.206 e. The maximum absolute atomic E-state index is 5.75. The Balaban J connectivity index is 3.02. The summed E-state index contributed by atoms with van der Waals surface area (Å²) in [4.78, 5) is 0. The van der Waals surface area contributed by atoms with Gasteiger partial charge in [-0.2, -0.15) is 4.57 Å². The molecule has 0 fully saturated rings. The molecule has 0 amide bonds. The number of nitrogens with two attached hydrogens (primary N) is 1. The molecule has 0 aliphatic rings. The van der Waals surface area contributed by atoms with Gasteiger partial charge in [-0.25, -0.2) is 0 Å². The molecule has 1 heterocycles. The maximum Gasteiger partial charge on any atom is 0.206 e. The van der Waals surface area contributed by atoms with Gasteiger partial charge in [0.25, 0.3) is 0 Å². The van der Waals surface area contributed by atoms with Gasteiger partial charge in [0, 0.05) is 25.5 Å². The third-order valence-corrected chi connectivity index (χ3v) is 1.78. The Bertz CT molecular complexity index is 231. The van der Waals surface area contributed by atoms with Crippen molar-refractivity contribution in [1.29, 1.82) is 0 Å². The average Bonchev–Trinajstić information content (AvgIpc) is 2.04. The number of pyridine rings is 1. The highest BCUT2D eigenvalue weighted by atomic mass is 15.1. The highest BCUT2D eigenvalue weighted by Gasteiger charge is 2.10. The van der Waals surface area contributed by atoms with Gasteiger partial charge in [-0.1, -0.05) is 13.0 Å². The molecule has 0 saturated carbocycles. The molecule has 0 bridgehead atoms. The first-order valence-electron chi connectivity index (χ1n) is 4.00. The predicted molar refractivity (Wildman–Crippen MR) is 44.9 cm³/mol. The van der Waals surface area contributed by atoms with Crippen LogP contribution in [0.15, 0.2) is 24.4 Å². The largest absolute Gasteiger partial charge is 0.273 e. The molecular weight excluding hydrogens is 136 g/mol. The zero-order chi connectivity index (χ0) is 8.27. The Hall–Kier alpha value is -0.890. The summed E-state index contributed by atoms with van der Waals surface area (Å²) < 4.78 is 2.08. The van der Waals surface area contributed by atoms with Crippen LogP contribution in [0.2, 0.25) is 0 Å². The molecule has 0 aliphatic heterocycles. The molecule has 1 aromatic heterocycles. The number of aryl methyl sites for hydroxylation is 1. The second-order valence-corrected chi connectivity index (χ2v) is 2.69. The van der Waals surface area contributed by atoms with E-state index in [9.17, 15) is 0 Å². The summed E-state index contributed by atoms with van der Waals surface area (Å²) in [6.07, 6.45) is 3.12. The van der Waals surface area contributed by atoms with E-state index in [2.05, 4.69) is 17.6 Å². The molecule has 60 valence electrons. The van der Waals surface area contributed by atoms with Crippen LogP contribution in [0.3, 0.4) is 0 Å². The zero-order valence-electron chi connectivity index (χ0n) is 7.12. The fourth-order valence-corrected chi connectivity index (χ4v) is 1.19. The van der Waals surface area contributed by atoms with Crippen LogP contribution in [0.25, 0.3) is 0 Å². The van der Waals surface area contributed by atoms with Crippen LogP contribution in [0.5, 0.6) is 0 Å². The number of nitrogens with zero attached hydrogens (tertiary/aromatic N) is 1. The van der Waals surface area contributed by atoms with Crippen molar-refractivity contribution in [1.82, 2.24) is 0 Å². The summed E-state index contributed by atoms with van der Waals surface area (Å²) in [5, 5.41) is 0. The fourth-order valence-electron chi connectivity index (χ4n) is 1.19. The van der Waals surface area contributed by atoms with Gasteiger partial charge in [-0.05, 0) is 0 Å². The van der Waals surface area contributed by atoms with E-state index in [4.69, 9.17) is 5.73 Å². The molecule has 0 aromatic carbocycles. The molecule has 0 radical (unpaired) electrons. The second kappa shape index (κ2) is 3.49. The third kappa shape index (κ3) is 1.77. The van der Waals surface area contributed by atoms with Crippen LogP contribution in [-0.4, -0.2) is 0 Å². The summed E-state index contributed by atoms with van der Waals surface area (Å²) in [5.74, 6) is 0. The van der Waals surface area contributed by atoms with E-state index in [1.807, 2.05) is 25.3 Å². The summed E-state index contributed by atoms with van der Waals surface area (Å²) >= 11 is 0. The molecule has 1 atom stereocenters. The van der Waals surface area contributed by atoms with Crippen molar-refractivity contribution in [3.8, 4) is 0 Å². The number of hydrogen-bond acceptors (Lipinski definition) is 1. The van der Waals surface area contributed by atoms with Gasteiger partial charge in [0.2, 0.25) is 6.17 Å². The van der Waals surface area contributed by atoms with Crippen molar-refractivity contribution in [3.63, 3.8) is 0 Å². The highest BCUT2D eigenvalue weighted by Crippen LogP contribution is 1.94. The van der Waals surface area contributed by atoms with Crippen LogP contribution in [0, 0.1) is 0 Å². The molecule has 1 rings (SSSR count). The Morgan fingerprint density at radius 2 is 2.27 bits per heavy atom. The topological polar surface area (TPSA) is 29.9 Å². The Kier molecular flexibility index (Phi) is 2.60. The van der Waals surface area contributed by atoms with Crippen molar-refractivity contribution in [2.75, 3.05) is 0 Å². The third-order valence-electron chi connectivity index (χ3n) is 1.78. The van der Waals surface area contributed by atoms with E-state index in [1.54, 1.807) is 0 Å². The lowest BCUT2D eigenvalue weighted by molar-refractivity contribution is -0.725. The van der Waals surface area contributed by atoms with Crippen LogP contribution in [-0.2, 0) is 6.42 Å². The van der Waals surface area contributed by atoms with Crippen molar-refractivity contribution in [2.45, 2.75) is 26.4 Å². The fraction of sp³-hybridized carbons (Fsp3) is 0.444. The molecule has 1 aromatic rings. The maximum atomic E-state index is 5.75. The summed E-state index contributed by atoms with van der Waals surface area (Å²) in [6.45, 7) is 4.12. The highest BCUT2D eigenvalue weighted by molar-refractivity contribution is 4.96. The Labute approximate surface area is 67.7 Å². The minimum absolute atomic E-state index is 0.0751. The quantitative estimate of drug-likeness (QED) is 0.628. The first-order valence-corrected chi connectivity index (χ1v) is 4.00. The summed E-state index contributed by atoms with van der Waals surface area (Å²) in [6, 6.07) is 6.14. The van der Waals surface area contributed by atoms with Gasteiger partial charge in [-0.15, -0.1) is 0 Å². The summed E-state index contributed by atoms with van der Waals surface area (Å²) in [7, 11) is 0. The molecule has 0 spiro atoms. The van der Waals surface area contributed by atoms with E-state index in [1.165, 1.54) is 5.69 Å². The van der Waals surface area contributed by atoms with Crippen LogP contribution >= 0.6 is 0 Å². The van der Waals surface area contributed by atoms with E-state index < -0.39 is 0 Å². The lowest BCUT2D eigenvalue weighted by Gasteiger charge is -2.03. The van der Waals surface area contributed by atoms with Gasteiger partial charge in [0.15, 0.2) is 11.9 Å². The summed E-state index contributed by atoms with van der Waals surface area (Å²) in [5.41, 5.74) is 7.03. The van der Waals surface area contributed by atoms with Gasteiger partial charge in [0.05, 0.1) is 0 Å². The molecule has 2 nitrogen and oxygen atoms in total. The van der Waals surface area contributed by atoms with Crippen molar-refractivity contribution < 1.29 is 4.57 Å². The molecule has 2 heteroatoms. The second-order valence-electron chi connectivity index (χ2n) is 2.69. The van der Waals surface area contributed by atoms with Crippen molar-refractivity contribution in [2.24, 2.45) is 5.73 Å². The van der Waals surface area contributed by atoms with Gasteiger partial charge >= 0.3 is 0 Å². The standard InChI is InChI=1S/C9H15N2/c1-3-9-6-4-5-7-11(9)8(2)10/h4-8H,3,10H2,1-2H3/q+1. The molecule has 0 saturated heterocycles.